The van der Waals surface area contributed by atoms with Gasteiger partial charge in [-0.2, -0.15) is 0 Å². The molecule has 4 bridgehead atoms. The summed E-state index contributed by atoms with van der Waals surface area (Å²) in [7, 11) is 1.66. The van der Waals surface area contributed by atoms with Gasteiger partial charge in [0.05, 0.1) is 25.2 Å². The first-order valence-corrected chi connectivity index (χ1v) is 11.5. The second-order valence-corrected chi connectivity index (χ2v) is 11.0. The smallest absolute Gasteiger partial charge is 0.226 e. The van der Waals surface area contributed by atoms with E-state index in [0.717, 1.165) is 42.7 Å². The number of hydrogen-bond acceptors (Lipinski definition) is 3. The summed E-state index contributed by atoms with van der Waals surface area (Å²) in [5, 5.41) is 3.33. The molecule has 4 aliphatic carbocycles. The van der Waals surface area contributed by atoms with Crippen LogP contribution in [0.5, 0.6) is 11.5 Å². The van der Waals surface area contributed by atoms with Gasteiger partial charge in [-0.1, -0.05) is 28.9 Å². The molecule has 4 saturated carbocycles. The number of benzene rings is 1. The molecule has 3 atom stereocenters. The normalized spacial score (nSPS) is 34.1. The van der Waals surface area contributed by atoms with E-state index in [2.05, 4.69) is 35.1 Å². The first-order valence-electron chi connectivity index (χ1n) is 10.7. The number of alkyl halides is 1. The summed E-state index contributed by atoms with van der Waals surface area (Å²) < 4.78 is 11.5. The van der Waals surface area contributed by atoms with Gasteiger partial charge in [-0.05, 0) is 81.4 Å². The lowest BCUT2D eigenvalue weighted by atomic mass is 9.49. The van der Waals surface area contributed by atoms with Crippen LogP contribution >= 0.6 is 15.9 Å². The summed E-state index contributed by atoms with van der Waals surface area (Å²) in [6.45, 7) is 4.81. The van der Waals surface area contributed by atoms with Crippen molar-refractivity contribution in [3.63, 3.8) is 0 Å². The number of ether oxygens (including phenoxy) is 2. The largest absolute Gasteiger partial charge is 0.493 e. The van der Waals surface area contributed by atoms with Crippen LogP contribution in [0.1, 0.15) is 70.4 Å². The highest BCUT2D eigenvalue weighted by atomic mass is 79.9. The topological polar surface area (TPSA) is 47.6 Å². The van der Waals surface area contributed by atoms with Gasteiger partial charge >= 0.3 is 0 Å². The Morgan fingerprint density at radius 1 is 1.25 bits per heavy atom. The van der Waals surface area contributed by atoms with Gasteiger partial charge in [-0.25, -0.2) is 0 Å². The minimum absolute atomic E-state index is 0.0547. The molecule has 4 aliphatic rings. The Balaban J connectivity index is 1.48. The quantitative estimate of drug-likeness (QED) is 0.567. The summed E-state index contributed by atoms with van der Waals surface area (Å²) in [5.74, 6) is 3.13. The van der Waals surface area contributed by atoms with Crippen LogP contribution in [-0.2, 0) is 4.79 Å². The maximum Gasteiger partial charge on any atom is 0.226 e. The van der Waals surface area contributed by atoms with Gasteiger partial charge in [0.15, 0.2) is 11.5 Å². The molecule has 154 valence electrons. The van der Waals surface area contributed by atoms with Gasteiger partial charge in [0, 0.05) is 4.32 Å². The van der Waals surface area contributed by atoms with E-state index in [1.54, 1.807) is 7.11 Å². The maximum atomic E-state index is 13.4. The number of amides is 1. The second kappa shape index (κ2) is 7.55. The average Bonchev–Trinajstić information content (AvgIpc) is 2.64. The van der Waals surface area contributed by atoms with E-state index in [1.165, 1.54) is 19.3 Å². The molecule has 1 aromatic rings. The molecular weight excluding hydrogens is 418 g/mol. The molecule has 3 unspecified atom stereocenters. The van der Waals surface area contributed by atoms with Gasteiger partial charge in [0.1, 0.15) is 0 Å². The third-order valence-corrected chi connectivity index (χ3v) is 7.90. The van der Waals surface area contributed by atoms with Gasteiger partial charge in [0.2, 0.25) is 5.91 Å². The Labute approximate surface area is 176 Å². The Morgan fingerprint density at radius 2 is 1.96 bits per heavy atom. The van der Waals surface area contributed by atoms with Crippen LogP contribution in [0.2, 0.25) is 0 Å². The molecule has 0 saturated heterocycles. The SMILES string of the molecule is CCCOc1ccc(C(C)NC(=O)C23CC4CC(CC(Br)(C4)C2)C3)cc1OC. The monoisotopic (exact) mass is 449 g/mol. The number of rotatable bonds is 7. The first kappa shape index (κ1) is 20.1. The van der Waals surface area contributed by atoms with E-state index in [-0.39, 0.29) is 21.7 Å². The second-order valence-electron chi connectivity index (χ2n) is 9.35. The van der Waals surface area contributed by atoms with Crippen molar-refractivity contribution in [2.45, 2.75) is 69.2 Å². The van der Waals surface area contributed by atoms with E-state index in [9.17, 15) is 4.79 Å². The molecule has 0 aliphatic heterocycles. The Bertz CT molecular complexity index is 735. The van der Waals surface area contributed by atoms with Crippen molar-refractivity contribution in [2.24, 2.45) is 17.3 Å². The zero-order valence-electron chi connectivity index (χ0n) is 17.2. The number of carbonyl (C=O) groups is 1. The maximum absolute atomic E-state index is 13.4. The van der Waals surface area contributed by atoms with Crippen LogP contribution in [0, 0.1) is 17.3 Å². The van der Waals surface area contributed by atoms with E-state index in [4.69, 9.17) is 9.47 Å². The van der Waals surface area contributed by atoms with Crippen molar-refractivity contribution >= 4 is 21.8 Å². The molecular formula is C23H32BrNO3. The Hall–Kier alpha value is -1.23. The van der Waals surface area contributed by atoms with Gasteiger partial charge in [-0.15, -0.1) is 0 Å². The van der Waals surface area contributed by atoms with Crippen molar-refractivity contribution in [3.8, 4) is 11.5 Å². The molecule has 5 rings (SSSR count). The molecule has 0 spiro atoms. The van der Waals surface area contributed by atoms with Gasteiger partial charge < -0.3 is 14.8 Å². The van der Waals surface area contributed by atoms with Gasteiger partial charge in [0.25, 0.3) is 0 Å². The fourth-order valence-electron chi connectivity index (χ4n) is 6.13. The molecule has 1 aromatic carbocycles. The third kappa shape index (κ3) is 3.67. The summed E-state index contributed by atoms with van der Waals surface area (Å²) in [5.41, 5.74) is 0.864. The Kier molecular flexibility index (Phi) is 5.41. The predicted molar refractivity (Wildman–Crippen MR) is 114 cm³/mol. The van der Waals surface area contributed by atoms with Crippen molar-refractivity contribution in [1.82, 2.24) is 5.32 Å². The molecule has 4 nitrogen and oxygen atoms in total. The van der Waals surface area contributed by atoms with Crippen LogP contribution in [0.4, 0.5) is 0 Å². The molecule has 0 aromatic heterocycles. The van der Waals surface area contributed by atoms with Crippen LogP contribution in [0.15, 0.2) is 18.2 Å². The average molecular weight is 450 g/mol. The fraction of sp³-hybridized carbons (Fsp3) is 0.696. The molecule has 4 fully saturated rings. The van der Waals surface area contributed by atoms with Crippen molar-refractivity contribution < 1.29 is 14.3 Å². The van der Waals surface area contributed by atoms with E-state index in [1.807, 2.05) is 18.2 Å². The minimum atomic E-state index is -0.184. The van der Waals surface area contributed by atoms with Crippen molar-refractivity contribution in [1.29, 1.82) is 0 Å². The molecule has 5 heteroatoms. The lowest BCUT2D eigenvalue weighted by Gasteiger charge is -2.59. The van der Waals surface area contributed by atoms with Crippen LogP contribution in [0.3, 0.4) is 0 Å². The van der Waals surface area contributed by atoms with E-state index in [0.29, 0.717) is 18.4 Å². The minimum Gasteiger partial charge on any atom is -0.493 e. The summed E-state index contributed by atoms with van der Waals surface area (Å²) in [6.07, 6.45) is 7.85. The lowest BCUT2D eigenvalue weighted by molar-refractivity contribution is -0.144. The summed E-state index contributed by atoms with van der Waals surface area (Å²) in [6, 6.07) is 5.91. The predicted octanol–water partition coefficient (Wildman–Crippen LogP) is 5.40. The van der Waals surface area contributed by atoms with Crippen molar-refractivity contribution in [3.05, 3.63) is 23.8 Å². The molecule has 0 heterocycles. The molecule has 1 amide bonds. The van der Waals surface area contributed by atoms with E-state index < -0.39 is 0 Å². The number of hydrogen-bond donors (Lipinski definition) is 1. The fourth-order valence-corrected chi connectivity index (χ4v) is 7.59. The van der Waals surface area contributed by atoms with Crippen LogP contribution < -0.4 is 14.8 Å². The van der Waals surface area contributed by atoms with Gasteiger partial charge in [-0.3, -0.25) is 4.79 Å². The number of methoxy groups -OCH3 is 1. The summed E-state index contributed by atoms with van der Waals surface area (Å²) >= 11 is 4.01. The number of halogens is 1. The standard InChI is InChI=1S/C23H32BrNO3/c1-4-7-28-19-6-5-18(9-20(19)27-3)15(2)25-21(26)22-10-16-8-17(11-22)13-23(24,12-16)14-22/h5-6,9,15-17H,4,7-8,10-14H2,1-3H3,(H,25,26). The molecule has 1 N–H and O–H groups in total. The highest BCUT2D eigenvalue weighted by molar-refractivity contribution is 9.10. The lowest BCUT2D eigenvalue weighted by Crippen LogP contribution is -2.58. The third-order valence-electron chi connectivity index (χ3n) is 6.97. The highest BCUT2D eigenvalue weighted by Crippen LogP contribution is 2.64. The van der Waals surface area contributed by atoms with Crippen LogP contribution in [-0.4, -0.2) is 23.9 Å². The zero-order valence-corrected chi connectivity index (χ0v) is 18.8. The number of carbonyl (C=O) groups excluding carboxylic acids is 1. The van der Waals surface area contributed by atoms with E-state index >= 15 is 0 Å². The molecule has 0 radical (unpaired) electrons. The zero-order chi connectivity index (χ0) is 19.9. The van der Waals surface area contributed by atoms with Crippen LogP contribution in [0.25, 0.3) is 0 Å². The number of nitrogens with one attached hydrogen (secondary N) is 1. The molecule has 28 heavy (non-hydrogen) atoms. The highest BCUT2D eigenvalue weighted by Gasteiger charge is 2.59. The Morgan fingerprint density at radius 3 is 2.57 bits per heavy atom. The first-order chi connectivity index (χ1) is 13.4. The summed E-state index contributed by atoms with van der Waals surface area (Å²) in [4.78, 5) is 13.4. The van der Waals surface area contributed by atoms with Crippen molar-refractivity contribution in [2.75, 3.05) is 13.7 Å².